The molecular weight excluding hydrogens is 708 g/mol. The molecular formula is C24H39Cl4N5O13-4. The van der Waals surface area contributed by atoms with Gasteiger partial charge in [-0.15, -0.1) is 0 Å². The zero-order valence-electron chi connectivity index (χ0n) is 23.9. The van der Waals surface area contributed by atoms with E-state index in [1.165, 1.54) is 24.3 Å². The van der Waals surface area contributed by atoms with E-state index in [0.717, 1.165) is 0 Å². The molecule has 0 amide bonds. The summed E-state index contributed by atoms with van der Waals surface area (Å²) < 4.78 is 28.4. The van der Waals surface area contributed by atoms with Gasteiger partial charge in [0.15, 0.2) is 12.6 Å². The molecule has 0 aromatic heterocycles. The minimum atomic E-state index is -1.70. The van der Waals surface area contributed by atoms with Crippen molar-refractivity contribution in [2.45, 2.75) is 98.2 Å². The molecule has 1 aromatic carbocycles. The number of hydrogen-bond donors (Lipinski definition) is 10. The molecule has 14 N–H and O–H groups in total. The third-order valence-corrected chi connectivity index (χ3v) is 7.76. The summed E-state index contributed by atoms with van der Waals surface area (Å²) in [6.45, 7) is -0.471. The van der Waals surface area contributed by atoms with Gasteiger partial charge in [-0.1, -0.05) is 0 Å². The minimum absolute atomic E-state index is 0. The molecule has 18 nitrogen and oxygen atoms in total. The Hall–Kier alpha value is -0.980. The van der Waals surface area contributed by atoms with Gasteiger partial charge < -0.3 is 127 Å². The van der Waals surface area contributed by atoms with Crippen molar-refractivity contribution in [1.29, 1.82) is 0 Å². The number of nitrogens with zero attached hydrogens (tertiary/aromatic N) is 1. The first kappa shape index (κ1) is 45.0. The van der Waals surface area contributed by atoms with E-state index in [1.807, 2.05) is 0 Å². The largest absolute Gasteiger partial charge is 1.00 e. The van der Waals surface area contributed by atoms with E-state index in [2.05, 4.69) is 0 Å². The van der Waals surface area contributed by atoms with Crippen LogP contribution in [0.3, 0.4) is 0 Å². The SMILES string of the molecule is NCC1O[C@H](OC2C(N)CC(N)[C@@H](OC3O[C@H](COc4ccc([N+](=O)[O-])cc4)C(O)[C@@H](N)[C@H]3O)[C@H]2O)C(O)[C@@H](O)[C@@H]1O.[Cl-].[Cl-].[Cl-].[Cl-]. The van der Waals surface area contributed by atoms with Gasteiger partial charge in [-0.3, -0.25) is 10.1 Å². The molecule has 2 aliphatic heterocycles. The monoisotopic (exact) mass is 745 g/mol. The standard InChI is InChI=1S/C24H39N5O13.4ClH/c25-6-12-16(31)18(33)19(34)24(39-12)42-22-11(27)5-10(26)21(20(22)35)41-23-17(32)14(28)15(30)13(40-23)7-38-9-3-1-8(2-4-9)29(36)37;;;;/h1-4,10-24,30-35H,5-7,25-28H2;4*1H/p-4/t10?,11?,12?,13-,14-,15?,16-,17-,18+,19?,20-,21-,22?,23?,24-;;;;/m1..../s1. The summed E-state index contributed by atoms with van der Waals surface area (Å²) >= 11 is 0. The van der Waals surface area contributed by atoms with E-state index in [0.29, 0.717) is 0 Å². The van der Waals surface area contributed by atoms with Crippen molar-refractivity contribution in [3.05, 3.63) is 34.4 Å². The van der Waals surface area contributed by atoms with Crippen molar-refractivity contribution < 1.29 is 109 Å². The number of ether oxygens (including phenoxy) is 5. The zero-order valence-corrected chi connectivity index (χ0v) is 26.9. The minimum Gasteiger partial charge on any atom is -1.00 e. The van der Waals surface area contributed by atoms with E-state index < -0.39 is 96.7 Å². The zero-order chi connectivity index (χ0) is 30.9. The quantitative estimate of drug-likeness (QED) is 0.0828. The van der Waals surface area contributed by atoms with Crippen molar-refractivity contribution in [2.24, 2.45) is 22.9 Å². The summed E-state index contributed by atoms with van der Waals surface area (Å²) in [4.78, 5) is 10.3. The molecule has 1 aromatic rings. The molecule has 0 radical (unpaired) electrons. The molecule has 0 spiro atoms. The highest BCUT2D eigenvalue weighted by Crippen LogP contribution is 2.31. The predicted molar refractivity (Wildman–Crippen MR) is 139 cm³/mol. The van der Waals surface area contributed by atoms with Crippen LogP contribution < -0.4 is 77.3 Å². The molecule has 2 heterocycles. The Morgan fingerprint density at radius 3 is 1.74 bits per heavy atom. The topological polar surface area (TPSA) is 315 Å². The average Bonchev–Trinajstić information content (AvgIpc) is 2.96. The van der Waals surface area contributed by atoms with Gasteiger partial charge in [0.1, 0.15) is 73.4 Å². The van der Waals surface area contributed by atoms with Crippen molar-refractivity contribution >= 4 is 5.69 Å². The van der Waals surface area contributed by atoms with Crippen LogP contribution in [0, 0.1) is 10.1 Å². The van der Waals surface area contributed by atoms with E-state index in [9.17, 15) is 40.8 Å². The highest BCUT2D eigenvalue weighted by atomic mass is 35.5. The van der Waals surface area contributed by atoms with Crippen molar-refractivity contribution in [1.82, 2.24) is 0 Å². The number of nitro groups is 1. The number of aliphatic hydroxyl groups excluding tert-OH is 6. The lowest BCUT2D eigenvalue weighted by molar-refractivity contribution is -0.384. The lowest BCUT2D eigenvalue weighted by Crippen LogP contribution is -3.00. The van der Waals surface area contributed by atoms with Gasteiger partial charge in [0, 0.05) is 30.8 Å². The van der Waals surface area contributed by atoms with Crippen LogP contribution in [0.25, 0.3) is 0 Å². The molecule has 1 aliphatic carbocycles. The number of aliphatic hydroxyl groups is 6. The lowest BCUT2D eigenvalue weighted by atomic mass is 9.84. The maximum Gasteiger partial charge on any atom is 0.269 e. The van der Waals surface area contributed by atoms with Crippen LogP contribution in [0.4, 0.5) is 5.69 Å². The number of non-ortho nitro benzene ring substituents is 1. The third kappa shape index (κ3) is 9.80. The van der Waals surface area contributed by atoms with Gasteiger partial charge in [0.25, 0.3) is 5.69 Å². The fourth-order valence-electron chi connectivity index (χ4n) is 5.23. The first-order valence-electron chi connectivity index (χ1n) is 13.4. The first-order valence-corrected chi connectivity index (χ1v) is 13.4. The second-order valence-corrected chi connectivity index (χ2v) is 10.7. The molecule has 3 aliphatic rings. The average molecular weight is 747 g/mol. The third-order valence-electron chi connectivity index (χ3n) is 7.76. The second-order valence-electron chi connectivity index (χ2n) is 10.7. The van der Waals surface area contributed by atoms with Crippen LogP contribution in [0.2, 0.25) is 0 Å². The summed E-state index contributed by atoms with van der Waals surface area (Å²) in [5, 5.41) is 73.9. The van der Waals surface area contributed by atoms with E-state index in [-0.39, 0.29) is 80.6 Å². The summed E-state index contributed by atoms with van der Waals surface area (Å²) in [7, 11) is 0. The molecule has 3 fully saturated rings. The van der Waals surface area contributed by atoms with E-state index >= 15 is 0 Å². The summed E-state index contributed by atoms with van der Waals surface area (Å²) in [6, 6.07) is 2.17. The first-order chi connectivity index (χ1) is 19.8. The van der Waals surface area contributed by atoms with Crippen LogP contribution in [-0.2, 0) is 18.9 Å². The Bertz CT molecular complexity index is 1060. The fraction of sp³-hybridized carbons (Fsp3) is 0.750. The number of nitrogens with two attached hydrogens (primary N) is 4. The number of benzene rings is 1. The van der Waals surface area contributed by atoms with Crippen molar-refractivity contribution in [3.63, 3.8) is 0 Å². The summed E-state index contributed by atoms with van der Waals surface area (Å²) in [6.07, 6.45) is -17.0. The maximum atomic E-state index is 11.2. The van der Waals surface area contributed by atoms with Crippen LogP contribution in [-0.4, -0.2) is 140 Å². The number of rotatable bonds is 9. The highest BCUT2D eigenvalue weighted by molar-refractivity contribution is 5.36. The molecule has 1 saturated carbocycles. The smallest absolute Gasteiger partial charge is 0.269 e. The lowest BCUT2D eigenvalue weighted by Gasteiger charge is -2.48. The van der Waals surface area contributed by atoms with Crippen LogP contribution in [0.5, 0.6) is 5.75 Å². The van der Waals surface area contributed by atoms with Gasteiger partial charge in [0.05, 0.1) is 11.0 Å². The molecule has 4 rings (SSSR count). The molecule has 46 heavy (non-hydrogen) atoms. The Morgan fingerprint density at radius 1 is 0.739 bits per heavy atom. The maximum absolute atomic E-state index is 11.2. The molecule has 7 unspecified atom stereocenters. The summed E-state index contributed by atoms with van der Waals surface area (Å²) in [5.74, 6) is 0.244. The number of halogens is 4. The number of nitro benzene ring substituents is 1. The molecule has 15 atom stereocenters. The molecule has 2 saturated heterocycles. The van der Waals surface area contributed by atoms with Gasteiger partial charge in [-0.25, -0.2) is 0 Å². The Balaban J connectivity index is 0.00000506. The second kappa shape index (κ2) is 19.3. The Labute approximate surface area is 288 Å². The number of hydrogen-bond acceptors (Lipinski definition) is 17. The van der Waals surface area contributed by atoms with Crippen LogP contribution in [0.15, 0.2) is 24.3 Å². The van der Waals surface area contributed by atoms with E-state index in [1.54, 1.807) is 0 Å². The van der Waals surface area contributed by atoms with E-state index in [4.69, 9.17) is 46.6 Å². The van der Waals surface area contributed by atoms with Crippen LogP contribution in [0.1, 0.15) is 6.42 Å². The van der Waals surface area contributed by atoms with Crippen LogP contribution >= 0.6 is 0 Å². The van der Waals surface area contributed by atoms with Crippen molar-refractivity contribution in [2.75, 3.05) is 13.2 Å². The fourth-order valence-corrected chi connectivity index (χ4v) is 5.23. The molecule has 0 bridgehead atoms. The van der Waals surface area contributed by atoms with Gasteiger partial charge in [0.2, 0.25) is 0 Å². The van der Waals surface area contributed by atoms with Gasteiger partial charge in [-0.2, -0.15) is 0 Å². The Morgan fingerprint density at radius 2 is 1.24 bits per heavy atom. The van der Waals surface area contributed by atoms with Crippen molar-refractivity contribution in [3.8, 4) is 5.75 Å². The van der Waals surface area contributed by atoms with Gasteiger partial charge >= 0.3 is 0 Å². The predicted octanol–water partition coefficient (Wildman–Crippen LogP) is -17.3. The molecule has 22 heteroatoms. The normalized spacial score (nSPS) is 40.6. The highest BCUT2D eigenvalue weighted by Gasteiger charge is 2.51. The molecule has 270 valence electrons. The van der Waals surface area contributed by atoms with Gasteiger partial charge in [-0.05, 0) is 18.6 Å². The Kier molecular flexibility index (Phi) is 18.9. The summed E-state index contributed by atoms with van der Waals surface area (Å²) in [5.41, 5.74) is 23.8.